The SMILES string of the molecule is N[C@H](CSCC(=O)NCc1ccc(Cl)cc1)C(=O)O. The van der Waals surface area contributed by atoms with Crippen molar-refractivity contribution >= 4 is 35.2 Å². The second-order valence-corrected chi connectivity index (χ2v) is 5.33. The van der Waals surface area contributed by atoms with Crippen LogP contribution < -0.4 is 11.1 Å². The summed E-state index contributed by atoms with van der Waals surface area (Å²) >= 11 is 6.94. The van der Waals surface area contributed by atoms with Crippen molar-refractivity contribution in [3.05, 3.63) is 34.9 Å². The van der Waals surface area contributed by atoms with Crippen molar-refractivity contribution in [1.29, 1.82) is 0 Å². The number of carboxylic acid groups (broad SMARTS) is 1. The summed E-state index contributed by atoms with van der Waals surface area (Å²) in [7, 11) is 0. The molecule has 1 aromatic carbocycles. The number of carbonyl (C=O) groups is 2. The molecule has 0 spiro atoms. The van der Waals surface area contributed by atoms with Crippen LogP contribution in [0.15, 0.2) is 24.3 Å². The van der Waals surface area contributed by atoms with Gasteiger partial charge in [0.15, 0.2) is 0 Å². The highest BCUT2D eigenvalue weighted by Crippen LogP contribution is 2.09. The van der Waals surface area contributed by atoms with E-state index in [1.807, 2.05) is 12.1 Å². The highest BCUT2D eigenvalue weighted by Gasteiger charge is 2.12. The van der Waals surface area contributed by atoms with E-state index in [-0.39, 0.29) is 17.4 Å². The van der Waals surface area contributed by atoms with Crippen molar-refractivity contribution in [2.75, 3.05) is 11.5 Å². The largest absolute Gasteiger partial charge is 0.480 e. The highest BCUT2D eigenvalue weighted by molar-refractivity contribution is 8.00. The maximum Gasteiger partial charge on any atom is 0.321 e. The van der Waals surface area contributed by atoms with Crippen molar-refractivity contribution < 1.29 is 14.7 Å². The van der Waals surface area contributed by atoms with Crippen LogP contribution >= 0.6 is 23.4 Å². The monoisotopic (exact) mass is 302 g/mol. The van der Waals surface area contributed by atoms with Gasteiger partial charge in [0, 0.05) is 17.3 Å². The van der Waals surface area contributed by atoms with Crippen LogP contribution in [0.4, 0.5) is 0 Å². The summed E-state index contributed by atoms with van der Waals surface area (Å²) in [6.45, 7) is 0.418. The van der Waals surface area contributed by atoms with E-state index in [4.69, 9.17) is 22.4 Å². The van der Waals surface area contributed by atoms with Crippen molar-refractivity contribution in [3.63, 3.8) is 0 Å². The van der Waals surface area contributed by atoms with E-state index in [0.717, 1.165) is 5.56 Å². The van der Waals surface area contributed by atoms with E-state index in [2.05, 4.69) is 5.32 Å². The molecule has 0 saturated heterocycles. The molecule has 1 aromatic rings. The summed E-state index contributed by atoms with van der Waals surface area (Å²) in [5.41, 5.74) is 6.27. The minimum atomic E-state index is -1.06. The number of amides is 1. The van der Waals surface area contributed by atoms with Gasteiger partial charge in [-0.1, -0.05) is 23.7 Å². The van der Waals surface area contributed by atoms with Crippen LogP contribution in [0.25, 0.3) is 0 Å². The van der Waals surface area contributed by atoms with Crippen LogP contribution in [0.1, 0.15) is 5.56 Å². The summed E-state index contributed by atoms with van der Waals surface area (Å²) in [5.74, 6) is -0.815. The molecule has 0 unspecified atom stereocenters. The lowest BCUT2D eigenvalue weighted by Crippen LogP contribution is -2.33. The van der Waals surface area contributed by atoms with Gasteiger partial charge in [-0.15, -0.1) is 11.8 Å². The smallest absolute Gasteiger partial charge is 0.321 e. The fourth-order valence-electron chi connectivity index (χ4n) is 1.20. The molecule has 104 valence electrons. The molecule has 1 amide bonds. The molecule has 0 saturated carbocycles. The third kappa shape index (κ3) is 6.47. The molecule has 1 atom stereocenters. The Hall–Kier alpha value is -1.24. The lowest BCUT2D eigenvalue weighted by atomic mass is 10.2. The molecule has 0 aliphatic rings. The van der Waals surface area contributed by atoms with Crippen molar-refractivity contribution in [1.82, 2.24) is 5.32 Å². The molecule has 0 aliphatic heterocycles. The second kappa shape index (κ2) is 8.04. The Morgan fingerprint density at radius 3 is 2.58 bits per heavy atom. The first-order valence-electron chi connectivity index (χ1n) is 5.56. The second-order valence-electron chi connectivity index (χ2n) is 3.86. The molecular formula is C12H15ClN2O3S. The van der Waals surface area contributed by atoms with Crippen molar-refractivity contribution in [3.8, 4) is 0 Å². The maximum absolute atomic E-state index is 11.5. The van der Waals surface area contributed by atoms with E-state index in [1.54, 1.807) is 12.1 Å². The highest BCUT2D eigenvalue weighted by atomic mass is 35.5. The summed E-state index contributed by atoms with van der Waals surface area (Å²) < 4.78 is 0. The maximum atomic E-state index is 11.5. The molecule has 7 heteroatoms. The molecule has 0 bridgehead atoms. The number of carbonyl (C=O) groups excluding carboxylic acids is 1. The molecule has 0 heterocycles. The van der Waals surface area contributed by atoms with Crippen LogP contribution in [0.5, 0.6) is 0 Å². The predicted octanol–water partition coefficient (Wildman–Crippen LogP) is 1.10. The number of aliphatic carboxylic acids is 1. The Bertz CT molecular complexity index is 439. The first-order chi connectivity index (χ1) is 8.99. The number of hydrogen-bond donors (Lipinski definition) is 3. The number of benzene rings is 1. The van der Waals surface area contributed by atoms with Gasteiger partial charge in [0.2, 0.25) is 5.91 Å². The quantitative estimate of drug-likeness (QED) is 0.701. The zero-order chi connectivity index (χ0) is 14.3. The van der Waals surface area contributed by atoms with Gasteiger partial charge in [-0.05, 0) is 17.7 Å². The van der Waals surface area contributed by atoms with Gasteiger partial charge in [-0.3, -0.25) is 9.59 Å². The molecule has 0 aromatic heterocycles. The third-order valence-corrected chi connectivity index (χ3v) is 3.56. The summed E-state index contributed by atoms with van der Waals surface area (Å²) in [4.78, 5) is 22.0. The minimum absolute atomic E-state index is 0.155. The van der Waals surface area contributed by atoms with Gasteiger partial charge >= 0.3 is 5.97 Å². The molecule has 19 heavy (non-hydrogen) atoms. The van der Waals surface area contributed by atoms with Gasteiger partial charge in [0.25, 0.3) is 0 Å². The van der Waals surface area contributed by atoms with Crippen LogP contribution in [0, 0.1) is 0 Å². The van der Waals surface area contributed by atoms with E-state index >= 15 is 0 Å². The Labute approximate surface area is 120 Å². The molecule has 0 fully saturated rings. The van der Waals surface area contributed by atoms with Crippen LogP contribution in [0.3, 0.4) is 0 Å². The van der Waals surface area contributed by atoms with Gasteiger partial charge < -0.3 is 16.2 Å². The molecule has 5 nitrogen and oxygen atoms in total. The van der Waals surface area contributed by atoms with Gasteiger partial charge in [-0.2, -0.15) is 0 Å². The van der Waals surface area contributed by atoms with E-state index in [9.17, 15) is 9.59 Å². The first-order valence-corrected chi connectivity index (χ1v) is 7.09. The molecule has 0 radical (unpaired) electrons. The van der Waals surface area contributed by atoms with Crippen LogP contribution in [0.2, 0.25) is 5.02 Å². The lowest BCUT2D eigenvalue weighted by molar-refractivity contribution is -0.138. The number of halogens is 1. The average molecular weight is 303 g/mol. The number of hydrogen-bond acceptors (Lipinski definition) is 4. The van der Waals surface area contributed by atoms with E-state index < -0.39 is 12.0 Å². The number of nitrogens with one attached hydrogen (secondary N) is 1. The fourth-order valence-corrected chi connectivity index (χ4v) is 2.13. The predicted molar refractivity (Wildman–Crippen MR) is 76.2 cm³/mol. The summed E-state index contributed by atoms with van der Waals surface area (Å²) in [6.07, 6.45) is 0. The Morgan fingerprint density at radius 2 is 2.00 bits per heavy atom. The zero-order valence-corrected chi connectivity index (χ0v) is 11.7. The minimum Gasteiger partial charge on any atom is -0.480 e. The summed E-state index contributed by atoms with van der Waals surface area (Å²) in [5, 5.41) is 11.9. The number of carboxylic acids is 1. The van der Waals surface area contributed by atoms with Crippen molar-refractivity contribution in [2.24, 2.45) is 5.73 Å². The van der Waals surface area contributed by atoms with Crippen molar-refractivity contribution in [2.45, 2.75) is 12.6 Å². The Morgan fingerprint density at radius 1 is 1.37 bits per heavy atom. The van der Waals surface area contributed by atoms with E-state index in [0.29, 0.717) is 11.6 Å². The Balaban J connectivity index is 2.21. The van der Waals surface area contributed by atoms with E-state index in [1.165, 1.54) is 11.8 Å². The number of rotatable bonds is 7. The Kier molecular flexibility index (Phi) is 6.69. The topological polar surface area (TPSA) is 92.4 Å². The van der Waals surface area contributed by atoms with Crippen LogP contribution in [-0.2, 0) is 16.1 Å². The number of thioether (sulfide) groups is 1. The lowest BCUT2D eigenvalue weighted by Gasteiger charge is -2.07. The first kappa shape index (κ1) is 15.8. The number of nitrogens with two attached hydrogens (primary N) is 1. The third-order valence-electron chi connectivity index (χ3n) is 2.25. The van der Waals surface area contributed by atoms with Gasteiger partial charge in [0.05, 0.1) is 5.75 Å². The summed E-state index contributed by atoms with van der Waals surface area (Å²) in [6, 6.07) is 6.23. The van der Waals surface area contributed by atoms with Gasteiger partial charge in [-0.25, -0.2) is 0 Å². The van der Waals surface area contributed by atoms with Crippen LogP contribution in [-0.4, -0.2) is 34.5 Å². The standard InChI is InChI=1S/C12H15ClN2O3S/c13-9-3-1-8(2-4-9)5-15-11(16)7-19-6-10(14)12(17)18/h1-4,10H,5-7,14H2,(H,15,16)(H,17,18)/t10-/m1/s1. The zero-order valence-electron chi connectivity index (χ0n) is 10.1. The molecule has 1 rings (SSSR count). The molecule has 0 aliphatic carbocycles. The normalized spacial score (nSPS) is 11.9. The molecular weight excluding hydrogens is 288 g/mol. The fraction of sp³-hybridized carbons (Fsp3) is 0.333. The van der Waals surface area contributed by atoms with Gasteiger partial charge in [0.1, 0.15) is 6.04 Å². The molecule has 4 N–H and O–H groups in total. The average Bonchev–Trinajstić information content (AvgIpc) is 2.37.